The molecular formula is C18H17ClN4O3. The number of benzene rings is 2. The molecule has 0 radical (unpaired) electrons. The summed E-state index contributed by atoms with van der Waals surface area (Å²) in [6.45, 7) is 2.22. The number of hydrogen-bond acceptors (Lipinski definition) is 5. The van der Waals surface area contributed by atoms with Crippen LogP contribution in [0.25, 0.3) is 10.9 Å². The van der Waals surface area contributed by atoms with Gasteiger partial charge >= 0.3 is 0 Å². The van der Waals surface area contributed by atoms with E-state index in [1.807, 2.05) is 6.92 Å². The fourth-order valence-electron chi connectivity index (χ4n) is 2.59. The molecule has 3 aromatic rings. The molecule has 0 spiro atoms. The summed E-state index contributed by atoms with van der Waals surface area (Å²) in [6.07, 6.45) is 0. The first-order valence-electron chi connectivity index (χ1n) is 7.94. The lowest BCUT2D eigenvalue weighted by atomic mass is 10.2. The Balaban J connectivity index is 1.91. The number of carbonyl (C=O) groups is 1. The lowest BCUT2D eigenvalue weighted by Gasteiger charge is -2.15. The highest BCUT2D eigenvalue weighted by atomic mass is 35.5. The average molecular weight is 373 g/mol. The second kappa shape index (κ2) is 7.45. The van der Waals surface area contributed by atoms with Crippen LogP contribution in [0.1, 0.15) is 17.3 Å². The molecule has 0 saturated heterocycles. The first kappa shape index (κ1) is 17.8. The predicted octanol–water partition coefficient (Wildman–Crippen LogP) is 2.84. The Morgan fingerprint density at radius 1 is 1.27 bits per heavy atom. The highest BCUT2D eigenvalue weighted by molar-refractivity contribution is 6.31. The molecule has 0 fully saturated rings. The third kappa shape index (κ3) is 3.34. The van der Waals surface area contributed by atoms with Gasteiger partial charge in [0, 0.05) is 11.6 Å². The molecule has 0 unspecified atom stereocenters. The minimum absolute atomic E-state index is 0.185. The van der Waals surface area contributed by atoms with E-state index < -0.39 is 5.91 Å². The molecule has 0 aliphatic rings. The number of methoxy groups -OCH3 is 1. The summed E-state index contributed by atoms with van der Waals surface area (Å²) in [5, 5.41) is 0.924. The second-order valence-electron chi connectivity index (χ2n) is 5.43. The number of carbonyl (C=O) groups excluding carboxylic acids is 1. The van der Waals surface area contributed by atoms with Crippen molar-refractivity contribution in [1.29, 1.82) is 0 Å². The third-order valence-electron chi connectivity index (χ3n) is 3.87. The van der Waals surface area contributed by atoms with E-state index in [-0.39, 0.29) is 17.1 Å². The van der Waals surface area contributed by atoms with E-state index in [9.17, 15) is 9.59 Å². The molecule has 7 nitrogen and oxygen atoms in total. The van der Waals surface area contributed by atoms with Crippen molar-refractivity contribution in [3.05, 3.63) is 63.4 Å². The Labute approximate surface area is 154 Å². The monoisotopic (exact) mass is 372 g/mol. The number of nitrogens with one attached hydrogen (secondary N) is 2. The number of hydrogen-bond donors (Lipinski definition) is 2. The fourth-order valence-corrected chi connectivity index (χ4v) is 2.77. The van der Waals surface area contributed by atoms with E-state index in [1.165, 1.54) is 17.7 Å². The number of hydrazine groups is 1. The number of halogens is 1. The van der Waals surface area contributed by atoms with Crippen LogP contribution in [0.15, 0.2) is 47.3 Å². The van der Waals surface area contributed by atoms with Crippen LogP contribution in [0.4, 0.5) is 5.95 Å². The normalized spacial score (nSPS) is 10.6. The number of amides is 1. The number of aromatic nitrogens is 2. The number of anilines is 1. The van der Waals surface area contributed by atoms with Crippen molar-refractivity contribution in [1.82, 2.24) is 15.0 Å². The molecule has 134 valence electrons. The van der Waals surface area contributed by atoms with Crippen molar-refractivity contribution in [2.24, 2.45) is 0 Å². The van der Waals surface area contributed by atoms with Crippen molar-refractivity contribution in [2.45, 2.75) is 13.5 Å². The lowest BCUT2D eigenvalue weighted by molar-refractivity contribution is 0.0959. The minimum Gasteiger partial charge on any atom is -0.496 e. The van der Waals surface area contributed by atoms with Crippen molar-refractivity contribution < 1.29 is 9.53 Å². The van der Waals surface area contributed by atoms with Crippen LogP contribution in [0.5, 0.6) is 5.75 Å². The number of ether oxygens (including phenoxy) is 1. The molecule has 0 saturated carbocycles. The maximum absolute atomic E-state index is 12.6. The van der Waals surface area contributed by atoms with Gasteiger partial charge in [0.15, 0.2) is 0 Å². The third-order valence-corrected chi connectivity index (χ3v) is 4.11. The summed E-state index contributed by atoms with van der Waals surface area (Å²) in [5.41, 5.74) is 5.87. The van der Waals surface area contributed by atoms with Crippen LogP contribution in [0.3, 0.4) is 0 Å². The lowest BCUT2D eigenvalue weighted by Crippen LogP contribution is -2.34. The summed E-state index contributed by atoms with van der Waals surface area (Å²) in [5.74, 6) is 0.160. The minimum atomic E-state index is -0.464. The molecule has 2 N–H and O–H groups in total. The number of rotatable bonds is 5. The van der Waals surface area contributed by atoms with E-state index in [4.69, 9.17) is 16.3 Å². The number of nitrogens with zero attached hydrogens (tertiary/aromatic N) is 2. The number of fused-ring (bicyclic) bond motifs is 1. The number of para-hydroxylation sites is 1. The van der Waals surface area contributed by atoms with Crippen LogP contribution in [0.2, 0.25) is 5.02 Å². The Bertz CT molecular complexity index is 1030. The van der Waals surface area contributed by atoms with E-state index >= 15 is 0 Å². The van der Waals surface area contributed by atoms with Crippen molar-refractivity contribution in [2.75, 3.05) is 12.5 Å². The smallest absolute Gasteiger partial charge is 0.273 e. The highest BCUT2D eigenvalue weighted by Crippen LogP contribution is 2.22. The van der Waals surface area contributed by atoms with Gasteiger partial charge in [-0.15, -0.1) is 0 Å². The van der Waals surface area contributed by atoms with Gasteiger partial charge < -0.3 is 4.74 Å². The van der Waals surface area contributed by atoms with Gasteiger partial charge in [0.1, 0.15) is 5.75 Å². The standard InChI is InChI=1S/C18H17ClN4O3/c1-3-23-17(25)12-6-4-5-7-14(12)20-18(23)22-21-16(24)13-10-11(19)8-9-15(13)26-2/h4-10H,3H2,1-2H3,(H,20,22)(H,21,24). The van der Waals surface area contributed by atoms with Crippen LogP contribution in [-0.2, 0) is 6.54 Å². The van der Waals surface area contributed by atoms with Gasteiger partial charge in [-0.2, -0.15) is 0 Å². The van der Waals surface area contributed by atoms with Crippen LogP contribution in [0, 0.1) is 0 Å². The summed E-state index contributed by atoms with van der Waals surface area (Å²) in [7, 11) is 1.47. The molecule has 2 aromatic carbocycles. The highest BCUT2D eigenvalue weighted by Gasteiger charge is 2.15. The van der Waals surface area contributed by atoms with E-state index in [0.717, 1.165) is 0 Å². The maximum Gasteiger partial charge on any atom is 0.273 e. The summed E-state index contributed by atoms with van der Waals surface area (Å²) in [4.78, 5) is 29.5. The molecule has 0 bridgehead atoms. The molecule has 1 amide bonds. The van der Waals surface area contributed by atoms with Crippen molar-refractivity contribution >= 4 is 34.4 Å². The maximum atomic E-state index is 12.6. The molecular weight excluding hydrogens is 356 g/mol. The Hall–Kier alpha value is -3.06. The zero-order chi connectivity index (χ0) is 18.7. The molecule has 8 heteroatoms. The zero-order valence-electron chi connectivity index (χ0n) is 14.2. The van der Waals surface area contributed by atoms with Gasteiger partial charge in [0.05, 0.1) is 23.6 Å². The second-order valence-corrected chi connectivity index (χ2v) is 5.86. The van der Waals surface area contributed by atoms with Gasteiger partial charge in [-0.05, 0) is 37.3 Å². The Morgan fingerprint density at radius 3 is 2.77 bits per heavy atom. The van der Waals surface area contributed by atoms with Gasteiger partial charge in [-0.3, -0.25) is 25.0 Å². The first-order valence-corrected chi connectivity index (χ1v) is 8.32. The molecule has 1 heterocycles. The molecule has 3 rings (SSSR count). The first-order chi connectivity index (χ1) is 12.5. The van der Waals surface area contributed by atoms with Gasteiger partial charge in [-0.25, -0.2) is 4.98 Å². The van der Waals surface area contributed by atoms with E-state index in [0.29, 0.717) is 28.2 Å². The quantitative estimate of drug-likeness (QED) is 0.673. The van der Waals surface area contributed by atoms with Gasteiger partial charge in [-0.1, -0.05) is 23.7 Å². The van der Waals surface area contributed by atoms with Crippen LogP contribution in [-0.4, -0.2) is 22.6 Å². The largest absolute Gasteiger partial charge is 0.496 e. The summed E-state index contributed by atoms with van der Waals surface area (Å²) >= 11 is 5.96. The topological polar surface area (TPSA) is 85.2 Å². The fraction of sp³-hybridized carbons (Fsp3) is 0.167. The van der Waals surface area contributed by atoms with E-state index in [1.54, 1.807) is 36.4 Å². The summed E-state index contributed by atoms with van der Waals surface area (Å²) < 4.78 is 6.62. The SMILES string of the molecule is CCn1c(NNC(=O)c2cc(Cl)ccc2OC)nc2ccccc2c1=O. The molecule has 0 atom stereocenters. The van der Waals surface area contributed by atoms with Crippen LogP contribution < -0.4 is 21.1 Å². The average Bonchev–Trinajstić information content (AvgIpc) is 2.66. The van der Waals surface area contributed by atoms with Crippen molar-refractivity contribution in [3.63, 3.8) is 0 Å². The summed E-state index contributed by atoms with van der Waals surface area (Å²) in [6, 6.07) is 11.8. The molecule has 0 aliphatic carbocycles. The van der Waals surface area contributed by atoms with Gasteiger partial charge in [0.25, 0.3) is 11.5 Å². The van der Waals surface area contributed by atoms with Gasteiger partial charge in [0.2, 0.25) is 5.95 Å². The Morgan fingerprint density at radius 2 is 2.04 bits per heavy atom. The molecule has 26 heavy (non-hydrogen) atoms. The Kier molecular flexibility index (Phi) is 5.09. The van der Waals surface area contributed by atoms with E-state index in [2.05, 4.69) is 15.8 Å². The zero-order valence-corrected chi connectivity index (χ0v) is 15.0. The molecule has 1 aromatic heterocycles. The van der Waals surface area contributed by atoms with Crippen LogP contribution >= 0.6 is 11.6 Å². The molecule has 0 aliphatic heterocycles. The van der Waals surface area contributed by atoms with Crippen molar-refractivity contribution in [3.8, 4) is 5.75 Å². The predicted molar refractivity (Wildman–Crippen MR) is 101 cm³/mol.